The zero-order valence-electron chi connectivity index (χ0n) is 6.37. The van der Waals surface area contributed by atoms with Crippen molar-refractivity contribution in [3.8, 4) is 0 Å². The van der Waals surface area contributed by atoms with Gasteiger partial charge in [0.1, 0.15) is 0 Å². The molecule has 0 spiro atoms. The molecular formula is C6H8F3N3. The summed E-state index contributed by atoms with van der Waals surface area (Å²) in [6.45, 7) is 1.38. The van der Waals surface area contributed by atoms with Gasteiger partial charge in [0, 0.05) is 12.1 Å². The quantitative estimate of drug-likeness (QED) is 0.680. The molecule has 0 unspecified atom stereocenters. The highest BCUT2D eigenvalue weighted by molar-refractivity contribution is 5.25. The lowest BCUT2D eigenvalue weighted by molar-refractivity contribution is -0.141. The average Bonchev–Trinajstić information content (AvgIpc) is 2.29. The second-order valence-electron chi connectivity index (χ2n) is 2.38. The van der Waals surface area contributed by atoms with Gasteiger partial charge in [0.25, 0.3) is 0 Å². The van der Waals surface area contributed by atoms with Crippen molar-refractivity contribution in [3.63, 3.8) is 0 Å². The number of nitrogens with zero attached hydrogens (tertiary/aromatic N) is 1. The fourth-order valence-corrected chi connectivity index (χ4v) is 0.909. The number of aromatic amines is 1. The van der Waals surface area contributed by atoms with Crippen LogP contribution >= 0.6 is 0 Å². The van der Waals surface area contributed by atoms with Gasteiger partial charge in [0.2, 0.25) is 0 Å². The number of alkyl halides is 3. The Labute approximate surface area is 66.8 Å². The number of H-pyrrole nitrogens is 1. The van der Waals surface area contributed by atoms with E-state index >= 15 is 0 Å². The van der Waals surface area contributed by atoms with Crippen molar-refractivity contribution in [3.05, 3.63) is 17.0 Å². The first-order chi connectivity index (χ1) is 5.46. The molecule has 1 aromatic heterocycles. The number of hydrogen-bond donors (Lipinski definition) is 2. The topological polar surface area (TPSA) is 54.7 Å². The second kappa shape index (κ2) is 2.78. The summed E-state index contributed by atoms with van der Waals surface area (Å²) in [4.78, 5) is 0. The summed E-state index contributed by atoms with van der Waals surface area (Å²) in [5.74, 6) is 0. The lowest BCUT2D eigenvalue weighted by Gasteiger charge is -2.02. The number of aromatic nitrogens is 2. The van der Waals surface area contributed by atoms with Gasteiger partial charge in [-0.2, -0.15) is 18.3 Å². The third-order valence-electron chi connectivity index (χ3n) is 1.58. The molecule has 12 heavy (non-hydrogen) atoms. The molecule has 68 valence electrons. The number of rotatable bonds is 1. The van der Waals surface area contributed by atoms with Crippen LogP contribution in [0, 0.1) is 6.92 Å². The summed E-state index contributed by atoms with van der Waals surface area (Å²) in [6, 6.07) is 0. The van der Waals surface area contributed by atoms with Gasteiger partial charge < -0.3 is 5.73 Å². The van der Waals surface area contributed by atoms with Crippen LogP contribution < -0.4 is 5.73 Å². The Kier molecular flexibility index (Phi) is 2.10. The zero-order valence-corrected chi connectivity index (χ0v) is 6.37. The molecule has 0 radical (unpaired) electrons. The molecule has 0 saturated heterocycles. The molecule has 3 nitrogen and oxygen atoms in total. The van der Waals surface area contributed by atoms with E-state index < -0.39 is 11.9 Å². The smallest absolute Gasteiger partial charge is 0.325 e. The monoisotopic (exact) mass is 179 g/mol. The summed E-state index contributed by atoms with van der Waals surface area (Å²) >= 11 is 0. The number of nitrogens with two attached hydrogens (primary N) is 1. The number of halogens is 3. The molecular weight excluding hydrogens is 171 g/mol. The summed E-state index contributed by atoms with van der Waals surface area (Å²) in [5.41, 5.74) is 4.68. The summed E-state index contributed by atoms with van der Waals surface area (Å²) in [6.07, 6.45) is -4.39. The highest BCUT2D eigenvalue weighted by atomic mass is 19.4. The molecule has 0 amide bonds. The molecule has 0 aliphatic carbocycles. The van der Waals surface area contributed by atoms with Gasteiger partial charge in [-0.15, -0.1) is 0 Å². The maximum atomic E-state index is 12.1. The van der Waals surface area contributed by atoms with Crippen LogP contribution in [0.25, 0.3) is 0 Å². The van der Waals surface area contributed by atoms with Gasteiger partial charge >= 0.3 is 6.18 Å². The fourth-order valence-electron chi connectivity index (χ4n) is 0.909. The number of hydrogen-bond acceptors (Lipinski definition) is 2. The van der Waals surface area contributed by atoms with Crippen LogP contribution in [-0.4, -0.2) is 10.2 Å². The second-order valence-corrected chi connectivity index (χ2v) is 2.38. The van der Waals surface area contributed by atoms with E-state index in [4.69, 9.17) is 5.73 Å². The van der Waals surface area contributed by atoms with E-state index in [1.807, 2.05) is 0 Å². The summed E-state index contributed by atoms with van der Waals surface area (Å²) in [5, 5.41) is 5.36. The molecule has 0 atom stereocenters. The van der Waals surface area contributed by atoms with E-state index in [0.29, 0.717) is 5.69 Å². The maximum absolute atomic E-state index is 12.1. The third kappa shape index (κ3) is 1.42. The van der Waals surface area contributed by atoms with Crippen molar-refractivity contribution in [2.45, 2.75) is 19.6 Å². The molecule has 3 N–H and O–H groups in total. The molecule has 0 saturated carbocycles. The lowest BCUT2D eigenvalue weighted by atomic mass is 10.2. The Bertz CT molecular complexity index is 276. The molecule has 0 bridgehead atoms. The molecule has 0 aliphatic rings. The van der Waals surface area contributed by atoms with Crippen molar-refractivity contribution in [2.24, 2.45) is 5.73 Å². The molecule has 0 aliphatic heterocycles. The zero-order chi connectivity index (χ0) is 9.35. The van der Waals surface area contributed by atoms with Crippen LogP contribution in [0.4, 0.5) is 13.2 Å². The highest BCUT2D eigenvalue weighted by Gasteiger charge is 2.36. The molecule has 0 fully saturated rings. The predicted octanol–water partition coefficient (Wildman–Crippen LogP) is 1.20. The SMILES string of the molecule is Cc1c(C(F)(F)F)n[nH]c1CN. The van der Waals surface area contributed by atoms with E-state index in [1.165, 1.54) is 6.92 Å². The minimum absolute atomic E-state index is 0.0366. The van der Waals surface area contributed by atoms with E-state index in [1.54, 1.807) is 0 Å². The average molecular weight is 179 g/mol. The fraction of sp³-hybridized carbons (Fsp3) is 0.500. The van der Waals surface area contributed by atoms with Gasteiger partial charge in [-0.3, -0.25) is 5.10 Å². The van der Waals surface area contributed by atoms with Crippen molar-refractivity contribution in [1.29, 1.82) is 0 Å². The van der Waals surface area contributed by atoms with Crippen molar-refractivity contribution in [1.82, 2.24) is 10.2 Å². The minimum atomic E-state index is -4.39. The van der Waals surface area contributed by atoms with E-state index in [-0.39, 0.29) is 12.1 Å². The molecule has 1 rings (SSSR count). The minimum Gasteiger partial charge on any atom is -0.325 e. The Morgan fingerprint density at radius 3 is 2.33 bits per heavy atom. The van der Waals surface area contributed by atoms with Crippen molar-refractivity contribution >= 4 is 0 Å². The third-order valence-corrected chi connectivity index (χ3v) is 1.58. The van der Waals surface area contributed by atoms with Crippen LogP contribution in [0.2, 0.25) is 0 Å². The van der Waals surface area contributed by atoms with Crippen LogP contribution in [0.1, 0.15) is 17.0 Å². The Morgan fingerprint density at radius 1 is 1.50 bits per heavy atom. The Morgan fingerprint density at radius 2 is 2.08 bits per heavy atom. The molecule has 1 aromatic rings. The van der Waals surface area contributed by atoms with Crippen molar-refractivity contribution in [2.75, 3.05) is 0 Å². The first-order valence-corrected chi connectivity index (χ1v) is 3.28. The van der Waals surface area contributed by atoms with E-state index in [2.05, 4.69) is 10.2 Å². The maximum Gasteiger partial charge on any atom is 0.435 e. The van der Waals surface area contributed by atoms with Gasteiger partial charge in [0.15, 0.2) is 5.69 Å². The molecule has 0 aromatic carbocycles. The van der Waals surface area contributed by atoms with Crippen LogP contribution in [0.15, 0.2) is 0 Å². The largest absolute Gasteiger partial charge is 0.435 e. The van der Waals surface area contributed by atoms with Gasteiger partial charge in [-0.1, -0.05) is 0 Å². The lowest BCUT2D eigenvalue weighted by Crippen LogP contribution is -2.07. The van der Waals surface area contributed by atoms with Crippen molar-refractivity contribution < 1.29 is 13.2 Å². The predicted molar refractivity (Wildman–Crippen MR) is 36.2 cm³/mol. The van der Waals surface area contributed by atoms with Crippen LogP contribution in [0.5, 0.6) is 0 Å². The summed E-state index contributed by atoms with van der Waals surface area (Å²) in [7, 11) is 0. The first kappa shape index (κ1) is 9.05. The van der Waals surface area contributed by atoms with E-state index in [0.717, 1.165) is 0 Å². The van der Waals surface area contributed by atoms with Crippen LogP contribution in [0.3, 0.4) is 0 Å². The first-order valence-electron chi connectivity index (χ1n) is 3.28. The van der Waals surface area contributed by atoms with Gasteiger partial charge in [0.05, 0.1) is 5.69 Å². The highest BCUT2D eigenvalue weighted by Crippen LogP contribution is 2.30. The Hall–Kier alpha value is -1.04. The summed E-state index contributed by atoms with van der Waals surface area (Å²) < 4.78 is 36.2. The Balaban J connectivity index is 3.11. The van der Waals surface area contributed by atoms with E-state index in [9.17, 15) is 13.2 Å². The number of nitrogens with one attached hydrogen (secondary N) is 1. The molecule has 6 heteroatoms. The van der Waals surface area contributed by atoms with Gasteiger partial charge in [-0.25, -0.2) is 0 Å². The molecule has 1 heterocycles. The van der Waals surface area contributed by atoms with Crippen LogP contribution in [-0.2, 0) is 12.7 Å². The standard InChI is InChI=1S/C6H8F3N3/c1-3-4(2-10)11-12-5(3)6(7,8)9/h2,10H2,1H3,(H,11,12). The normalized spacial score (nSPS) is 12.1. The van der Waals surface area contributed by atoms with Gasteiger partial charge in [-0.05, 0) is 6.92 Å².